The van der Waals surface area contributed by atoms with Gasteiger partial charge in [0.05, 0.1) is 0 Å². The Bertz CT molecular complexity index is 832. The van der Waals surface area contributed by atoms with Gasteiger partial charge in [-0.2, -0.15) is 0 Å². The Labute approximate surface area is 191 Å². The molecule has 0 spiro atoms. The highest BCUT2D eigenvalue weighted by molar-refractivity contribution is 5.81. The zero-order valence-electron chi connectivity index (χ0n) is 19.8. The quantitative estimate of drug-likeness (QED) is 0.541. The van der Waals surface area contributed by atoms with Crippen molar-refractivity contribution in [3.05, 3.63) is 23.8 Å². The van der Waals surface area contributed by atoms with Gasteiger partial charge in [0, 0.05) is 44.1 Å². The molecule has 2 heterocycles. The highest BCUT2D eigenvalue weighted by atomic mass is 16.6. The van der Waals surface area contributed by atoms with Crippen LogP contribution < -0.4 is 20.1 Å². The lowest BCUT2D eigenvalue weighted by atomic mass is 9.84. The molecule has 176 valence electrons. The third-order valence-corrected chi connectivity index (χ3v) is 7.04. The third-order valence-electron chi connectivity index (χ3n) is 7.04. The number of carbonyl (C=O) groups is 1. The first-order valence-corrected chi connectivity index (χ1v) is 12.1. The Morgan fingerprint density at radius 1 is 1.12 bits per heavy atom. The van der Waals surface area contributed by atoms with E-state index >= 15 is 0 Å². The molecular weight excluding hydrogens is 404 g/mol. The molecule has 3 aliphatic rings. The molecule has 0 aromatic heterocycles. The number of amides is 1. The zero-order chi connectivity index (χ0) is 22.6. The molecule has 0 bridgehead atoms. The minimum Gasteiger partial charge on any atom is -0.486 e. The summed E-state index contributed by atoms with van der Waals surface area (Å²) in [5.74, 6) is 3.02. The maximum atomic E-state index is 12.9. The number of nitrogens with one attached hydrogen (secondary N) is 2. The van der Waals surface area contributed by atoms with E-state index in [9.17, 15) is 4.79 Å². The molecule has 7 heteroatoms. The first-order valence-electron chi connectivity index (χ1n) is 12.1. The molecule has 1 aromatic rings. The second-order valence-electron chi connectivity index (χ2n) is 9.92. The summed E-state index contributed by atoms with van der Waals surface area (Å²) in [6.45, 7) is 7.94. The van der Waals surface area contributed by atoms with Gasteiger partial charge in [-0.15, -0.1) is 0 Å². The van der Waals surface area contributed by atoms with Crippen LogP contribution in [-0.4, -0.2) is 62.7 Å². The SMILES string of the molecule is CN=C(NCC(C)(C)c1ccc2c(c1)OCCO2)NC1CCN(C(=O)C2CCCCC2)C1. The van der Waals surface area contributed by atoms with E-state index in [-0.39, 0.29) is 17.4 Å². The van der Waals surface area contributed by atoms with E-state index < -0.39 is 0 Å². The first-order chi connectivity index (χ1) is 15.5. The number of hydrogen-bond donors (Lipinski definition) is 2. The number of benzene rings is 1. The highest BCUT2D eigenvalue weighted by Crippen LogP contribution is 2.35. The van der Waals surface area contributed by atoms with Gasteiger partial charge in [0.15, 0.2) is 17.5 Å². The molecule has 0 radical (unpaired) electrons. The number of nitrogens with zero attached hydrogens (tertiary/aromatic N) is 2. The third kappa shape index (κ3) is 5.30. The minimum atomic E-state index is -0.119. The van der Waals surface area contributed by atoms with Crippen molar-refractivity contribution in [2.45, 2.75) is 63.8 Å². The van der Waals surface area contributed by atoms with Crippen LogP contribution in [0.4, 0.5) is 0 Å². The fourth-order valence-electron chi connectivity index (χ4n) is 4.95. The predicted molar refractivity (Wildman–Crippen MR) is 127 cm³/mol. The van der Waals surface area contributed by atoms with Crippen molar-refractivity contribution in [1.29, 1.82) is 0 Å². The zero-order valence-corrected chi connectivity index (χ0v) is 19.8. The van der Waals surface area contributed by atoms with E-state index in [0.717, 1.165) is 56.4 Å². The maximum absolute atomic E-state index is 12.9. The summed E-state index contributed by atoms with van der Waals surface area (Å²) in [6.07, 6.45) is 6.75. The number of likely N-dealkylation sites (tertiary alicyclic amines) is 1. The number of fused-ring (bicyclic) bond motifs is 1. The van der Waals surface area contributed by atoms with Crippen LogP contribution in [0.5, 0.6) is 11.5 Å². The summed E-state index contributed by atoms with van der Waals surface area (Å²) in [6, 6.07) is 6.43. The lowest BCUT2D eigenvalue weighted by Crippen LogP contribution is -2.48. The standard InChI is InChI=1S/C25H38N4O3/c1-25(2,19-9-10-21-22(15-19)32-14-13-31-21)17-27-24(26-3)28-20-11-12-29(16-20)23(30)18-7-5-4-6-8-18/h9-10,15,18,20H,4-8,11-14,16-17H2,1-3H3,(H2,26,27,28). The van der Waals surface area contributed by atoms with Gasteiger partial charge in [0.25, 0.3) is 0 Å². The number of ether oxygens (including phenoxy) is 2. The molecule has 2 aliphatic heterocycles. The van der Waals surface area contributed by atoms with E-state index in [1.165, 1.54) is 24.8 Å². The molecule has 1 saturated heterocycles. The molecule has 1 saturated carbocycles. The normalized spacial score (nSPS) is 22.0. The number of aliphatic imine (C=N–C) groups is 1. The fourth-order valence-corrected chi connectivity index (χ4v) is 4.95. The van der Waals surface area contributed by atoms with Crippen LogP contribution in [0.15, 0.2) is 23.2 Å². The first kappa shape index (κ1) is 22.7. The largest absolute Gasteiger partial charge is 0.486 e. The summed E-state index contributed by atoms with van der Waals surface area (Å²) in [5, 5.41) is 7.01. The average molecular weight is 443 g/mol. The molecular formula is C25H38N4O3. The lowest BCUT2D eigenvalue weighted by Gasteiger charge is -2.29. The molecule has 1 aromatic carbocycles. The summed E-state index contributed by atoms with van der Waals surface area (Å²) in [7, 11) is 1.80. The fraction of sp³-hybridized carbons (Fsp3) is 0.680. The van der Waals surface area contributed by atoms with E-state index in [1.807, 2.05) is 6.07 Å². The van der Waals surface area contributed by atoms with Crippen molar-refractivity contribution in [3.63, 3.8) is 0 Å². The topological polar surface area (TPSA) is 75.2 Å². The summed E-state index contributed by atoms with van der Waals surface area (Å²) < 4.78 is 11.4. The van der Waals surface area contributed by atoms with Gasteiger partial charge in [0.1, 0.15) is 13.2 Å². The number of rotatable bonds is 5. The van der Waals surface area contributed by atoms with Gasteiger partial charge in [0.2, 0.25) is 5.91 Å². The van der Waals surface area contributed by atoms with Crippen molar-refractivity contribution in [2.75, 3.05) is 39.9 Å². The van der Waals surface area contributed by atoms with E-state index in [2.05, 4.69) is 46.5 Å². The van der Waals surface area contributed by atoms with Crippen LogP contribution in [0.3, 0.4) is 0 Å². The molecule has 2 N–H and O–H groups in total. The van der Waals surface area contributed by atoms with Gasteiger partial charge in [-0.05, 0) is 37.0 Å². The Balaban J connectivity index is 1.29. The van der Waals surface area contributed by atoms with Crippen molar-refractivity contribution in [3.8, 4) is 11.5 Å². The van der Waals surface area contributed by atoms with Crippen LogP contribution >= 0.6 is 0 Å². The van der Waals surface area contributed by atoms with Crippen molar-refractivity contribution in [1.82, 2.24) is 15.5 Å². The van der Waals surface area contributed by atoms with E-state index in [0.29, 0.717) is 19.1 Å². The minimum absolute atomic E-state index is 0.119. The summed E-state index contributed by atoms with van der Waals surface area (Å²) in [4.78, 5) is 19.3. The second kappa shape index (κ2) is 10.0. The van der Waals surface area contributed by atoms with Crippen LogP contribution in [0, 0.1) is 5.92 Å². The Morgan fingerprint density at radius 3 is 2.62 bits per heavy atom. The van der Waals surface area contributed by atoms with Gasteiger partial charge in [-0.3, -0.25) is 9.79 Å². The Hall–Kier alpha value is -2.44. The van der Waals surface area contributed by atoms with Crippen molar-refractivity contribution >= 4 is 11.9 Å². The number of carbonyl (C=O) groups excluding carboxylic acids is 1. The Morgan fingerprint density at radius 2 is 1.88 bits per heavy atom. The molecule has 7 nitrogen and oxygen atoms in total. The molecule has 4 rings (SSSR count). The lowest BCUT2D eigenvalue weighted by molar-refractivity contribution is -0.135. The average Bonchev–Trinajstić information content (AvgIpc) is 3.30. The van der Waals surface area contributed by atoms with Crippen LogP contribution in [0.1, 0.15) is 57.9 Å². The summed E-state index contributed by atoms with van der Waals surface area (Å²) >= 11 is 0. The molecule has 1 amide bonds. The molecule has 1 atom stereocenters. The molecule has 32 heavy (non-hydrogen) atoms. The van der Waals surface area contributed by atoms with Crippen LogP contribution in [-0.2, 0) is 10.2 Å². The van der Waals surface area contributed by atoms with Gasteiger partial charge in [-0.25, -0.2) is 0 Å². The number of hydrogen-bond acceptors (Lipinski definition) is 4. The van der Waals surface area contributed by atoms with Gasteiger partial charge < -0.3 is 25.0 Å². The molecule has 1 unspecified atom stereocenters. The summed E-state index contributed by atoms with van der Waals surface area (Å²) in [5.41, 5.74) is 1.07. The van der Waals surface area contributed by atoms with E-state index in [4.69, 9.17) is 9.47 Å². The predicted octanol–water partition coefficient (Wildman–Crippen LogP) is 3.08. The number of guanidine groups is 1. The smallest absolute Gasteiger partial charge is 0.225 e. The van der Waals surface area contributed by atoms with Gasteiger partial charge in [-0.1, -0.05) is 39.2 Å². The van der Waals surface area contributed by atoms with E-state index in [1.54, 1.807) is 7.05 Å². The van der Waals surface area contributed by atoms with Crippen molar-refractivity contribution < 1.29 is 14.3 Å². The highest BCUT2D eigenvalue weighted by Gasteiger charge is 2.32. The Kier molecular flexibility index (Phi) is 7.11. The molecule has 2 fully saturated rings. The van der Waals surface area contributed by atoms with Crippen LogP contribution in [0.25, 0.3) is 0 Å². The second-order valence-corrected chi connectivity index (χ2v) is 9.92. The van der Waals surface area contributed by atoms with Crippen LogP contribution in [0.2, 0.25) is 0 Å². The molecule has 1 aliphatic carbocycles. The monoisotopic (exact) mass is 442 g/mol. The van der Waals surface area contributed by atoms with Gasteiger partial charge >= 0.3 is 0 Å². The maximum Gasteiger partial charge on any atom is 0.225 e. The van der Waals surface area contributed by atoms with Crippen molar-refractivity contribution in [2.24, 2.45) is 10.9 Å².